The van der Waals surface area contributed by atoms with Crippen molar-refractivity contribution in [3.63, 3.8) is 0 Å². The van der Waals surface area contributed by atoms with Crippen LogP contribution < -0.4 is 14.7 Å². The smallest absolute Gasteiger partial charge is 0.262 e. The molecule has 1 atom stereocenters. The van der Waals surface area contributed by atoms with Gasteiger partial charge in [-0.25, -0.2) is 8.42 Å². The SMILES string of the molecule is CCN1/C(=C/C=C2C=C(/C=C/c3sc4ccccc4[n+]3CC)CC(SOO[O-])(S(=O)(=O)[O-])C/2)Sc2ccccc21. The van der Waals surface area contributed by atoms with E-state index in [1.54, 1.807) is 23.1 Å². The summed E-state index contributed by atoms with van der Waals surface area (Å²) >= 11 is 3.51. The first-order valence-corrected chi connectivity index (χ1v) is 16.4. The number of para-hydroxylation sites is 2. The lowest BCUT2D eigenvalue weighted by atomic mass is 9.93. The summed E-state index contributed by atoms with van der Waals surface area (Å²) in [4.78, 5) is 3.31. The van der Waals surface area contributed by atoms with Crippen molar-refractivity contribution in [1.82, 2.24) is 0 Å². The number of fused-ring (bicyclic) bond motifs is 2. The number of benzene rings is 2. The van der Waals surface area contributed by atoms with Gasteiger partial charge in [0, 0.05) is 36.4 Å². The molecule has 1 aromatic heterocycles. The van der Waals surface area contributed by atoms with E-state index in [1.165, 1.54) is 0 Å². The number of anilines is 1. The molecule has 1 unspecified atom stereocenters. The molecule has 0 radical (unpaired) electrons. The number of thiazole rings is 1. The van der Waals surface area contributed by atoms with Crippen molar-refractivity contribution in [2.24, 2.45) is 0 Å². The maximum Gasteiger partial charge on any atom is 0.262 e. The molecular weight excluding hydrogens is 589 g/mol. The molecule has 0 N–H and O–H groups in total. The van der Waals surface area contributed by atoms with Crippen molar-refractivity contribution in [1.29, 1.82) is 0 Å². The minimum absolute atomic E-state index is 0.143. The van der Waals surface area contributed by atoms with Crippen LogP contribution in [0.3, 0.4) is 0 Å². The molecule has 2 aromatic carbocycles. The monoisotopic (exact) mass is 615 g/mol. The molecule has 40 heavy (non-hydrogen) atoms. The van der Waals surface area contributed by atoms with Gasteiger partial charge < -0.3 is 14.7 Å². The van der Waals surface area contributed by atoms with E-state index < -0.39 is 14.2 Å². The highest BCUT2D eigenvalue weighted by Gasteiger charge is 2.43. The van der Waals surface area contributed by atoms with Gasteiger partial charge in [0.15, 0.2) is 0 Å². The molecule has 3 aromatic rings. The molecule has 2 heterocycles. The molecule has 8 nitrogen and oxygen atoms in total. The average molecular weight is 616 g/mol. The molecule has 1 aliphatic heterocycles. The summed E-state index contributed by atoms with van der Waals surface area (Å²) in [6, 6.07) is 16.2. The highest BCUT2D eigenvalue weighted by Crippen LogP contribution is 2.48. The predicted octanol–water partition coefficient (Wildman–Crippen LogP) is 5.46. The third-order valence-corrected chi connectivity index (χ3v) is 11.8. The number of aromatic nitrogens is 1. The van der Waals surface area contributed by atoms with E-state index in [9.17, 15) is 18.2 Å². The summed E-state index contributed by atoms with van der Waals surface area (Å²) in [5, 5.41) is 16.1. The largest absolute Gasteiger partial charge is 0.747 e. The minimum atomic E-state index is -4.92. The quantitative estimate of drug-likeness (QED) is 0.102. The van der Waals surface area contributed by atoms with E-state index in [-0.39, 0.29) is 24.9 Å². The number of hydrogen-bond donors (Lipinski definition) is 0. The second-order valence-corrected chi connectivity index (χ2v) is 14.4. The Hall–Kier alpha value is -2.42. The Labute approximate surface area is 246 Å². The van der Waals surface area contributed by atoms with Crippen LogP contribution in [0.15, 0.2) is 93.9 Å². The highest BCUT2D eigenvalue weighted by atomic mass is 32.3. The molecule has 0 amide bonds. The standard InChI is InChI=1S/C28H28N2O6S4/c1-3-29-22-9-5-7-11-24(22)37-26(29)15-13-20-17-21(19-28(18-20,39-36-35-31)40(32,33)34)14-16-27-30(4-2)23-10-6-8-12-25(23)38-27/h5-17H,3-4,18-19H2,1-2H3,(H-,31,32,33,34)/p-1. The van der Waals surface area contributed by atoms with Crippen LogP contribution in [-0.2, 0) is 26.0 Å². The predicted molar refractivity (Wildman–Crippen MR) is 158 cm³/mol. The van der Waals surface area contributed by atoms with Crippen LogP contribution in [0.5, 0.6) is 0 Å². The molecular formula is C28H27N2O6S4-. The summed E-state index contributed by atoms with van der Waals surface area (Å²) in [5.41, 5.74) is 3.46. The number of allylic oxidation sites excluding steroid dienone is 6. The summed E-state index contributed by atoms with van der Waals surface area (Å²) in [6.45, 7) is 5.66. The van der Waals surface area contributed by atoms with Crippen molar-refractivity contribution in [3.05, 3.63) is 94.0 Å². The number of thioether (sulfide) groups is 1. The van der Waals surface area contributed by atoms with Gasteiger partial charge in [-0.3, -0.25) is 5.04 Å². The fourth-order valence-corrected chi connectivity index (χ4v) is 8.92. The van der Waals surface area contributed by atoms with Gasteiger partial charge in [0.1, 0.15) is 25.4 Å². The Kier molecular flexibility index (Phi) is 8.88. The van der Waals surface area contributed by atoms with E-state index in [2.05, 4.69) is 57.0 Å². The Bertz CT molecular complexity index is 1640. The fourth-order valence-electron chi connectivity index (χ4n) is 4.95. The first kappa shape index (κ1) is 29.1. The first-order valence-electron chi connectivity index (χ1n) is 12.6. The van der Waals surface area contributed by atoms with Crippen molar-refractivity contribution >= 4 is 67.2 Å². The topological polar surface area (TPSA) is 106 Å². The first-order chi connectivity index (χ1) is 19.3. The van der Waals surface area contributed by atoms with Gasteiger partial charge in [0.25, 0.3) is 5.01 Å². The van der Waals surface area contributed by atoms with Gasteiger partial charge in [-0.1, -0.05) is 65.6 Å². The molecule has 5 rings (SSSR count). The normalized spacial score (nSPS) is 21.6. The molecule has 0 fully saturated rings. The van der Waals surface area contributed by atoms with Gasteiger partial charge in [0.2, 0.25) is 5.52 Å². The molecule has 1 aliphatic carbocycles. The van der Waals surface area contributed by atoms with Crippen molar-refractivity contribution in [3.8, 4) is 0 Å². The third-order valence-electron chi connectivity index (χ3n) is 6.77. The van der Waals surface area contributed by atoms with Crippen LogP contribution in [0.2, 0.25) is 0 Å². The summed E-state index contributed by atoms with van der Waals surface area (Å²) < 4.78 is 43.6. The van der Waals surface area contributed by atoms with E-state index in [0.717, 1.165) is 43.9 Å². The number of hydrogen-bond acceptors (Lipinski definition) is 10. The van der Waals surface area contributed by atoms with E-state index in [1.807, 2.05) is 54.6 Å². The summed E-state index contributed by atoms with van der Waals surface area (Å²) in [7, 11) is -4.92. The average Bonchev–Trinajstić information content (AvgIpc) is 3.50. The van der Waals surface area contributed by atoms with Gasteiger partial charge in [-0.2, -0.15) is 8.90 Å². The van der Waals surface area contributed by atoms with Crippen LogP contribution in [-0.4, -0.2) is 23.6 Å². The van der Waals surface area contributed by atoms with Crippen LogP contribution in [0.4, 0.5) is 5.69 Å². The maximum absolute atomic E-state index is 12.6. The van der Waals surface area contributed by atoms with Gasteiger partial charge >= 0.3 is 0 Å². The van der Waals surface area contributed by atoms with Gasteiger partial charge in [-0.15, -0.1) is 0 Å². The Morgan fingerprint density at radius 1 is 1.10 bits per heavy atom. The maximum atomic E-state index is 12.6. The van der Waals surface area contributed by atoms with Crippen LogP contribution in [0, 0.1) is 0 Å². The second-order valence-electron chi connectivity index (χ2n) is 9.20. The Morgan fingerprint density at radius 2 is 1.88 bits per heavy atom. The zero-order valence-corrected chi connectivity index (χ0v) is 25.1. The fraction of sp³-hybridized carbons (Fsp3) is 0.250. The molecule has 12 heteroatoms. The van der Waals surface area contributed by atoms with Crippen molar-refractivity contribution in [2.45, 2.75) is 42.2 Å². The zero-order valence-electron chi connectivity index (χ0n) is 21.8. The number of aryl methyl sites for hydroxylation is 1. The lowest BCUT2D eigenvalue weighted by molar-refractivity contribution is -0.777. The van der Waals surface area contributed by atoms with E-state index in [0.29, 0.717) is 11.1 Å². The molecule has 0 saturated carbocycles. The highest BCUT2D eigenvalue weighted by molar-refractivity contribution is 8.10. The zero-order chi connectivity index (χ0) is 28.3. The third kappa shape index (κ3) is 5.81. The Morgan fingerprint density at radius 3 is 2.62 bits per heavy atom. The minimum Gasteiger partial charge on any atom is -0.747 e. The van der Waals surface area contributed by atoms with Crippen LogP contribution in [0.25, 0.3) is 16.3 Å². The Balaban J connectivity index is 1.54. The van der Waals surface area contributed by atoms with Crippen molar-refractivity contribution < 1.29 is 32.2 Å². The lowest BCUT2D eigenvalue weighted by Gasteiger charge is -2.37. The second kappa shape index (κ2) is 12.2. The molecule has 2 aliphatic rings. The van der Waals surface area contributed by atoms with E-state index >= 15 is 0 Å². The number of nitrogens with zero attached hydrogens (tertiary/aromatic N) is 2. The molecule has 0 saturated heterocycles. The van der Waals surface area contributed by atoms with Crippen LogP contribution >= 0.6 is 35.1 Å². The van der Waals surface area contributed by atoms with Crippen LogP contribution in [0.1, 0.15) is 31.7 Å². The number of rotatable bonds is 9. The summed E-state index contributed by atoms with van der Waals surface area (Å²) in [6.07, 6.45) is 9.12. The summed E-state index contributed by atoms with van der Waals surface area (Å²) in [5.74, 6) is 0. The molecule has 0 bridgehead atoms. The van der Waals surface area contributed by atoms with Crippen molar-refractivity contribution in [2.75, 3.05) is 11.4 Å². The lowest BCUT2D eigenvalue weighted by Crippen LogP contribution is -2.38. The molecule has 210 valence electrons. The van der Waals surface area contributed by atoms with Gasteiger partial charge in [0.05, 0.1) is 22.8 Å². The van der Waals surface area contributed by atoms with E-state index in [4.69, 9.17) is 0 Å². The van der Waals surface area contributed by atoms with Gasteiger partial charge in [-0.05, 0) is 49.3 Å². The molecule has 0 spiro atoms.